The summed E-state index contributed by atoms with van der Waals surface area (Å²) in [7, 11) is 3.05. The molecular weight excluding hydrogens is 262 g/mol. The summed E-state index contributed by atoms with van der Waals surface area (Å²) in [4.78, 5) is 12.4. The lowest BCUT2D eigenvalue weighted by molar-refractivity contribution is -0.141. The maximum atomic E-state index is 11.4. The van der Waals surface area contributed by atoms with E-state index in [0.717, 1.165) is 23.5 Å². The molecule has 0 spiro atoms. The van der Waals surface area contributed by atoms with Crippen molar-refractivity contribution in [3.05, 3.63) is 18.2 Å². The molecule has 2 N–H and O–H groups in total. The first-order valence-electron chi connectivity index (χ1n) is 6.22. The molecule has 5 heteroatoms. The van der Waals surface area contributed by atoms with Gasteiger partial charge in [0.1, 0.15) is 5.75 Å². The van der Waals surface area contributed by atoms with Crippen molar-refractivity contribution >= 4 is 23.4 Å². The van der Waals surface area contributed by atoms with Crippen LogP contribution in [-0.2, 0) is 9.53 Å². The SMILES string of the molecule is COC(=O)CC1(CSc2cccc(OC)c2N)CC1. The van der Waals surface area contributed by atoms with E-state index in [-0.39, 0.29) is 11.4 Å². The number of ether oxygens (including phenoxy) is 2. The Hall–Kier alpha value is -1.36. The molecule has 4 nitrogen and oxygen atoms in total. The standard InChI is InChI=1S/C14H19NO3S/c1-17-10-4-3-5-11(13(10)15)19-9-14(6-7-14)8-12(16)18-2/h3-5H,6-9,15H2,1-2H3. The quantitative estimate of drug-likeness (QED) is 0.493. The molecule has 0 unspecified atom stereocenters. The van der Waals surface area contributed by atoms with E-state index in [2.05, 4.69) is 0 Å². The number of methoxy groups -OCH3 is 2. The third-order valence-corrected chi connectivity index (χ3v) is 4.91. The van der Waals surface area contributed by atoms with E-state index >= 15 is 0 Å². The number of rotatable bonds is 6. The van der Waals surface area contributed by atoms with Gasteiger partial charge < -0.3 is 15.2 Å². The third-order valence-electron chi connectivity index (χ3n) is 3.48. The molecule has 19 heavy (non-hydrogen) atoms. The number of thioether (sulfide) groups is 1. The van der Waals surface area contributed by atoms with E-state index in [1.807, 2.05) is 18.2 Å². The number of carbonyl (C=O) groups excluding carboxylic acids is 1. The van der Waals surface area contributed by atoms with Gasteiger partial charge in [-0.05, 0) is 30.4 Å². The van der Waals surface area contributed by atoms with E-state index in [9.17, 15) is 4.79 Å². The molecule has 1 aromatic carbocycles. The highest BCUT2D eigenvalue weighted by molar-refractivity contribution is 7.99. The highest BCUT2D eigenvalue weighted by atomic mass is 32.2. The minimum absolute atomic E-state index is 0.104. The summed E-state index contributed by atoms with van der Waals surface area (Å²) >= 11 is 1.69. The predicted octanol–water partition coefficient (Wildman–Crippen LogP) is 2.71. The smallest absolute Gasteiger partial charge is 0.306 e. The molecule has 1 fully saturated rings. The van der Waals surface area contributed by atoms with Crippen LogP contribution in [0.5, 0.6) is 5.75 Å². The molecule has 0 heterocycles. The van der Waals surface area contributed by atoms with Crippen LogP contribution in [0.2, 0.25) is 0 Å². The Morgan fingerprint density at radius 2 is 2.16 bits per heavy atom. The van der Waals surface area contributed by atoms with E-state index in [1.165, 1.54) is 7.11 Å². The molecule has 1 aliphatic carbocycles. The number of hydrogen-bond donors (Lipinski definition) is 1. The number of benzene rings is 1. The maximum Gasteiger partial charge on any atom is 0.306 e. The van der Waals surface area contributed by atoms with Gasteiger partial charge in [-0.1, -0.05) is 6.07 Å². The molecule has 1 aromatic rings. The second kappa shape index (κ2) is 5.74. The number of nitrogens with two attached hydrogens (primary N) is 1. The van der Waals surface area contributed by atoms with Crippen molar-refractivity contribution in [3.8, 4) is 5.75 Å². The fourth-order valence-corrected chi connectivity index (χ4v) is 3.27. The minimum Gasteiger partial charge on any atom is -0.495 e. The van der Waals surface area contributed by atoms with E-state index in [0.29, 0.717) is 17.9 Å². The zero-order valence-corrected chi connectivity index (χ0v) is 12.1. The summed E-state index contributed by atoms with van der Waals surface area (Å²) < 4.78 is 9.95. The van der Waals surface area contributed by atoms with E-state index < -0.39 is 0 Å². The molecule has 0 radical (unpaired) electrons. The van der Waals surface area contributed by atoms with Gasteiger partial charge in [-0.15, -0.1) is 11.8 Å². The molecular formula is C14H19NO3S. The first kappa shape index (κ1) is 14.1. The molecule has 0 aliphatic heterocycles. The Kier molecular flexibility index (Phi) is 4.24. The average Bonchev–Trinajstić information content (AvgIpc) is 3.17. The molecule has 1 saturated carbocycles. The Balaban J connectivity index is 1.97. The molecule has 0 aromatic heterocycles. The van der Waals surface area contributed by atoms with Gasteiger partial charge in [0.05, 0.1) is 26.3 Å². The van der Waals surface area contributed by atoms with Crippen molar-refractivity contribution < 1.29 is 14.3 Å². The topological polar surface area (TPSA) is 61.5 Å². The van der Waals surface area contributed by atoms with Crippen LogP contribution in [0.3, 0.4) is 0 Å². The van der Waals surface area contributed by atoms with Gasteiger partial charge in [0.25, 0.3) is 0 Å². The number of para-hydroxylation sites is 1. The predicted molar refractivity (Wildman–Crippen MR) is 76.4 cm³/mol. The zero-order chi connectivity index (χ0) is 13.9. The second-order valence-corrected chi connectivity index (χ2v) is 5.93. The first-order chi connectivity index (χ1) is 9.10. The number of carbonyl (C=O) groups is 1. The highest BCUT2D eigenvalue weighted by Gasteiger charge is 2.44. The van der Waals surface area contributed by atoms with Crippen molar-refractivity contribution in [1.82, 2.24) is 0 Å². The second-order valence-electron chi connectivity index (χ2n) is 4.91. The molecule has 0 atom stereocenters. The molecule has 2 rings (SSSR count). The number of anilines is 1. The lowest BCUT2D eigenvalue weighted by Crippen LogP contribution is -2.13. The van der Waals surface area contributed by atoms with Crippen LogP contribution in [0.1, 0.15) is 19.3 Å². The lowest BCUT2D eigenvalue weighted by Gasteiger charge is -2.15. The van der Waals surface area contributed by atoms with Crippen molar-refractivity contribution in [3.63, 3.8) is 0 Å². The van der Waals surface area contributed by atoms with Crippen LogP contribution in [0, 0.1) is 5.41 Å². The van der Waals surface area contributed by atoms with Crippen molar-refractivity contribution in [2.24, 2.45) is 5.41 Å². The van der Waals surface area contributed by atoms with Gasteiger partial charge >= 0.3 is 5.97 Å². The van der Waals surface area contributed by atoms with Gasteiger partial charge in [0.2, 0.25) is 0 Å². The van der Waals surface area contributed by atoms with E-state index in [4.69, 9.17) is 15.2 Å². The normalized spacial score (nSPS) is 15.9. The van der Waals surface area contributed by atoms with Crippen LogP contribution >= 0.6 is 11.8 Å². The monoisotopic (exact) mass is 281 g/mol. The Labute approximate surface area is 117 Å². The van der Waals surface area contributed by atoms with Gasteiger partial charge in [-0.25, -0.2) is 0 Å². The van der Waals surface area contributed by atoms with Crippen molar-refractivity contribution in [1.29, 1.82) is 0 Å². The van der Waals surface area contributed by atoms with Gasteiger partial charge in [-0.2, -0.15) is 0 Å². The Morgan fingerprint density at radius 1 is 1.42 bits per heavy atom. The molecule has 0 saturated heterocycles. The molecule has 0 amide bonds. The zero-order valence-electron chi connectivity index (χ0n) is 11.3. The summed E-state index contributed by atoms with van der Waals surface area (Å²) in [5.74, 6) is 1.46. The van der Waals surface area contributed by atoms with Gasteiger partial charge in [0.15, 0.2) is 0 Å². The van der Waals surface area contributed by atoms with E-state index in [1.54, 1.807) is 18.9 Å². The molecule has 104 valence electrons. The van der Waals surface area contributed by atoms with Crippen LogP contribution in [0.15, 0.2) is 23.1 Å². The van der Waals surface area contributed by atoms with Crippen LogP contribution in [0.25, 0.3) is 0 Å². The highest BCUT2D eigenvalue weighted by Crippen LogP contribution is 2.52. The number of nitrogen functional groups attached to an aromatic ring is 1. The van der Waals surface area contributed by atoms with Crippen LogP contribution in [-0.4, -0.2) is 25.9 Å². The van der Waals surface area contributed by atoms with Gasteiger partial charge in [-0.3, -0.25) is 4.79 Å². The average molecular weight is 281 g/mol. The first-order valence-corrected chi connectivity index (χ1v) is 7.21. The van der Waals surface area contributed by atoms with Crippen LogP contribution in [0.4, 0.5) is 5.69 Å². The summed E-state index contributed by atoms with van der Waals surface area (Å²) in [6.07, 6.45) is 2.66. The Bertz CT molecular complexity index is 472. The largest absolute Gasteiger partial charge is 0.495 e. The Morgan fingerprint density at radius 3 is 2.74 bits per heavy atom. The van der Waals surface area contributed by atoms with Gasteiger partial charge in [0, 0.05) is 10.6 Å². The lowest BCUT2D eigenvalue weighted by atomic mass is 10.1. The number of esters is 1. The third kappa shape index (κ3) is 3.35. The summed E-state index contributed by atoms with van der Waals surface area (Å²) in [6, 6.07) is 5.76. The van der Waals surface area contributed by atoms with Crippen LogP contribution < -0.4 is 10.5 Å². The van der Waals surface area contributed by atoms with Crippen molar-refractivity contribution in [2.75, 3.05) is 25.7 Å². The number of hydrogen-bond acceptors (Lipinski definition) is 5. The fourth-order valence-electron chi connectivity index (χ4n) is 1.99. The maximum absolute atomic E-state index is 11.4. The minimum atomic E-state index is -0.128. The fraction of sp³-hybridized carbons (Fsp3) is 0.500. The summed E-state index contributed by atoms with van der Waals surface area (Å²) in [6.45, 7) is 0. The molecule has 1 aliphatic rings. The summed E-state index contributed by atoms with van der Waals surface area (Å²) in [5, 5.41) is 0. The van der Waals surface area contributed by atoms with Crippen molar-refractivity contribution in [2.45, 2.75) is 24.2 Å². The summed E-state index contributed by atoms with van der Waals surface area (Å²) in [5.41, 5.74) is 6.81. The molecule has 0 bridgehead atoms.